The zero-order valence-electron chi connectivity index (χ0n) is 3.58. The van der Waals surface area contributed by atoms with Gasteiger partial charge in [0.05, 0.1) is 0 Å². The smallest absolute Gasteiger partial charge is 0.822 e. The zero-order chi connectivity index (χ0) is 4.50. The molecule has 32 valence electrons. The van der Waals surface area contributed by atoms with E-state index in [0.29, 0.717) is 0 Å². The van der Waals surface area contributed by atoms with Crippen molar-refractivity contribution < 1.29 is 70.6 Å². The number of rotatable bonds is 0. The molecule has 0 saturated carbocycles. The first-order valence-electron chi connectivity index (χ1n) is 0.730. The fourth-order valence-corrected chi connectivity index (χ4v) is 0. The molecule has 0 N–H and O–H groups in total. The first-order chi connectivity index (χ1) is 2.00. The van der Waals surface area contributed by atoms with Gasteiger partial charge < -0.3 is 19.2 Å². The van der Waals surface area contributed by atoms with Gasteiger partial charge in [0.2, 0.25) is 0 Å². The van der Waals surface area contributed by atoms with Gasteiger partial charge in [-0.25, -0.2) is 0 Å². The predicted octanol–water partition coefficient (Wildman–Crippen LogP) is -6.20. The van der Waals surface area contributed by atoms with Gasteiger partial charge in [-0.2, -0.15) is 7.82 Å². The Hall–Kier alpha value is 2.55. The molecule has 4 nitrogen and oxygen atoms in total. The summed E-state index contributed by atoms with van der Waals surface area (Å²) in [7, 11) is -5.39. The summed E-state index contributed by atoms with van der Waals surface area (Å²) in [4.78, 5) is 25.6. The van der Waals surface area contributed by atoms with Crippen molar-refractivity contribution in [2.75, 3.05) is 0 Å². The van der Waals surface area contributed by atoms with Crippen LogP contribution in [-0.4, -0.2) is 23.9 Å². The normalized spacial score (nSPS) is 8.43. The van der Waals surface area contributed by atoms with Crippen LogP contribution in [0.4, 0.5) is 0 Å². The molecule has 0 aromatic rings. The Labute approximate surface area is 100 Å². The van der Waals surface area contributed by atoms with Gasteiger partial charge in [0, 0.05) is 0 Å². The molecule has 0 spiro atoms. The van der Waals surface area contributed by atoms with E-state index in [4.69, 9.17) is 19.2 Å². The molecule has 0 radical (unpaired) electrons. The number of phosphoric acid groups is 1. The van der Waals surface area contributed by atoms with Gasteiger partial charge >= 0.3 is 75.3 Å². The van der Waals surface area contributed by atoms with Gasteiger partial charge in [0.25, 0.3) is 0 Å². The third kappa shape index (κ3) is 56.5. The molecule has 0 amide bonds. The van der Waals surface area contributed by atoms with Crippen LogP contribution in [0, 0.1) is 0 Å². The average molecular weight is 253 g/mol. The molecule has 0 heterocycles. The minimum atomic E-state index is -5.39. The van der Waals surface area contributed by atoms with Crippen molar-refractivity contribution >= 4 is 31.7 Å². The SMILES string of the molecule is O=P([O-])([O-])[O-].[K+].[Sn+4]. The van der Waals surface area contributed by atoms with Crippen LogP contribution < -0.4 is 66.1 Å². The molecule has 0 fully saturated rings. The molecule has 0 aromatic carbocycles. The molecule has 0 aromatic heterocycles. The molecule has 0 unspecified atom stereocenters. The van der Waals surface area contributed by atoms with E-state index < -0.39 is 7.82 Å². The van der Waals surface area contributed by atoms with E-state index in [1.165, 1.54) is 0 Å². The summed E-state index contributed by atoms with van der Waals surface area (Å²) in [5.74, 6) is 0. The Morgan fingerprint density at radius 2 is 1.14 bits per heavy atom. The molecular weight excluding hydrogens is 253 g/mol. The Balaban J connectivity index is -0.0000000800. The minimum Gasteiger partial charge on any atom is -0.822 e. The van der Waals surface area contributed by atoms with Gasteiger partial charge in [0.1, 0.15) is 0 Å². The van der Waals surface area contributed by atoms with Crippen LogP contribution in [0.25, 0.3) is 0 Å². The maximum atomic E-state index is 8.55. The summed E-state index contributed by atoms with van der Waals surface area (Å²) >= 11 is 0. The summed E-state index contributed by atoms with van der Waals surface area (Å²) in [5, 5.41) is 0. The number of hydrogen-bond acceptors (Lipinski definition) is 4. The van der Waals surface area contributed by atoms with Crippen LogP contribution in [0.1, 0.15) is 0 Å². The summed E-state index contributed by atoms with van der Waals surface area (Å²) in [6.07, 6.45) is 0. The second kappa shape index (κ2) is 6.66. The van der Waals surface area contributed by atoms with Crippen LogP contribution in [-0.2, 0) is 4.57 Å². The maximum Gasteiger partial charge on any atom is 4.00 e. The first kappa shape index (κ1) is 16.3. The second-order valence-corrected chi connectivity index (χ2v) is 1.34. The van der Waals surface area contributed by atoms with Crippen LogP contribution in [0.3, 0.4) is 0 Å². The van der Waals surface area contributed by atoms with Crippen LogP contribution in [0.5, 0.6) is 0 Å². The average Bonchev–Trinajstić information content (AvgIpc) is 0.722. The molecule has 0 aliphatic carbocycles. The van der Waals surface area contributed by atoms with Crippen molar-refractivity contribution in [2.45, 2.75) is 0 Å². The summed E-state index contributed by atoms with van der Waals surface area (Å²) in [5.41, 5.74) is 0. The van der Waals surface area contributed by atoms with Crippen molar-refractivity contribution in [1.29, 1.82) is 0 Å². The van der Waals surface area contributed by atoms with E-state index in [9.17, 15) is 0 Å². The molecule has 7 heteroatoms. The largest absolute Gasteiger partial charge is 4.00 e. The van der Waals surface area contributed by atoms with Crippen molar-refractivity contribution in [3.63, 3.8) is 0 Å². The zero-order valence-corrected chi connectivity index (χ0v) is 10.5. The van der Waals surface area contributed by atoms with Gasteiger partial charge in [-0.05, 0) is 0 Å². The van der Waals surface area contributed by atoms with E-state index in [0.717, 1.165) is 0 Å². The van der Waals surface area contributed by atoms with Crippen molar-refractivity contribution in [1.82, 2.24) is 0 Å². The Morgan fingerprint density at radius 1 is 1.14 bits per heavy atom. The summed E-state index contributed by atoms with van der Waals surface area (Å²) < 4.78 is 8.55. The Morgan fingerprint density at radius 3 is 1.14 bits per heavy atom. The Kier molecular flexibility index (Phi) is 15.5. The van der Waals surface area contributed by atoms with Crippen molar-refractivity contribution in [3.05, 3.63) is 0 Å². The third-order valence-electron chi connectivity index (χ3n) is 0. The van der Waals surface area contributed by atoms with E-state index in [1.54, 1.807) is 0 Å². The molecule has 0 aliphatic rings. The van der Waals surface area contributed by atoms with Gasteiger partial charge in [-0.1, -0.05) is 0 Å². The van der Waals surface area contributed by atoms with Gasteiger partial charge in [-0.3, -0.25) is 0 Å². The standard InChI is InChI=1S/K.H3O4P.Sn/c;1-5(2,3)4;/h;(H3,1,2,3,4);/q+1;;+4/p-3. The van der Waals surface area contributed by atoms with Crippen LogP contribution >= 0.6 is 7.82 Å². The first-order valence-corrected chi connectivity index (χ1v) is 2.19. The second-order valence-electron chi connectivity index (χ2n) is 0.447. The van der Waals surface area contributed by atoms with Crippen LogP contribution in [0.2, 0.25) is 0 Å². The summed E-state index contributed by atoms with van der Waals surface area (Å²) in [6.45, 7) is 0. The molecule has 0 aliphatic heterocycles. The van der Waals surface area contributed by atoms with Crippen LogP contribution in [0.15, 0.2) is 0 Å². The quantitative estimate of drug-likeness (QED) is 0.317. The van der Waals surface area contributed by atoms with Crippen molar-refractivity contribution in [3.8, 4) is 0 Å². The van der Waals surface area contributed by atoms with Crippen molar-refractivity contribution in [2.24, 2.45) is 0 Å². The van der Waals surface area contributed by atoms with E-state index in [1.807, 2.05) is 0 Å². The number of hydrogen-bond donors (Lipinski definition) is 0. The molecule has 0 bridgehead atoms. The fourth-order valence-electron chi connectivity index (χ4n) is 0. The summed E-state index contributed by atoms with van der Waals surface area (Å²) in [6, 6.07) is 0. The molecular formula is KO4PSn+2. The fraction of sp³-hybridized carbons (Fsp3) is 0. The van der Waals surface area contributed by atoms with Gasteiger partial charge in [-0.15, -0.1) is 0 Å². The van der Waals surface area contributed by atoms with E-state index in [2.05, 4.69) is 0 Å². The third-order valence-corrected chi connectivity index (χ3v) is 0. The van der Waals surface area contributed by atoms with Gasteiger partial charge in [0.15, 0.2) is 0 Å². The maximum absolute atomic E-state index is 8.55. The van der Waals surface area contributed by atoms with E-state index >= 15 is 0 Å². The predicted molar refractivity (Wildman–Crippen MR) is 13.4 cm³/mol. The molecule has 0 atom stereocenters. The molecule has 0 rings (SSSR count). The topological polar surface area (TPSA) is 86.2 Å². The van der Waals surface area contributed by atoms with E-state index in [-0.39, 0.29) is 75.3 Å². The molecule has 7 heavy (non-hydrogen) atoms. The molecule has 0 saturated heterocycles. The minimum absolute atomic E-state index is 0. The monoisotopic (exact) mass is 254 g/mol. The Bertz CT molecular complexity index is 57.8.